The first-order valence-corrected chi connectivity index (χ1v) is 6.84. The third kappa shape index (κ3) is 2.39. The van der Waals surface area contributed by atoms with Crippen LogP contribution in [0.5, 0.6) is 23.1 Å². The number of rotatable bonds is 4. The maximum atomic E-state index is 11.7. The molecule has 2 heterocycles. The molecule has 6 nitrogen and oxygen atoms in total. The molecule has 7 heteroatoms. The largest absolute Gasteiger partial charge is 0.462 e. The Balaban J connectivity index is 1.81. The Morgan fingerprint density at radius 3 is 3.10 bits per heavy atom. The Hall–Kier alpha value is -2.28. The van der Waals surface area contributed by atoms with E-state index in [1.165, 1.54) is 16.8 Å². The van der Waals surface area contributed by atoms with E-state index in [4.69, 9.17) is 18.9 Å². The first-order chi connectivity index (χ1) is 9.78. The summed E-state index contributed by atoms with van der Waals surface area (Å²) in [6.07, 6.45) is 0. The fourth-order valence-electron chi connectivity index (χ4n) is 1.69. The van der Waals surface area contributed by atoms with E-state index in [0.29, 0.717) is 28.7 Å². The lowest BCUT2D eigenvalue weighted by Crippen LogP contribution is -2.04. The van der Waals surface area contributed by atoms with Crippen LogP contribution in [0.1, 0.15) is 16.6 Å². The second kappa shape index (κ2) is 5.38. The molecule has 1 aliphatic heterocycles. The summed E-state index contributed by atoms with van der Waals surface area (Å²) in [6, 6.07) is 5.16. The van der Waals surface area contributed by atoms with Crippen LogP contribution in [-0.4, -0.2) is 24.4 Å². The van der Waals surface area contributed by atoms with E-state index in [0.717, 1.165) is 0 Å². The van der Waals surface area contributed by atoms with E-state index in [2.05, 4.69) is 4.98 Å². The Morgan fingerprint density at radius 1 is 1.40 bits per heavy atom. The van der Waals surface area contributed by atoms with Gasteiger partial charge in [-0.25, -0.2) is 9.78 Å². The van der Waals surface area contributed by atoms with Crippen LogP contribution in [0.4, 0.5) is 0 Å². The van der Waals surface area contributed by atoms with Crippen LogP contribution in [0.2, 0.25) is 0 Å². The summed E-state index contributed by atoms with van der Waals surface area (Å²) in [5.41, 5.74) is 1.54. The van der Waals surface area contributed by atoms with Crippen LogP contribution in [0.25, 0.3) is 0 Å². The average molecular weight is 293 g/mol. The Labute approximate surface area is 118 Å². The maximum Gasteiger partial charge on any atom is 0.353 e. The second-order valence-electron chi connectivity index (χ2n) is 3.82. The van der Waals surface area contributed by atoms with E-state index < -0.39 is 5.97 Å². The fraction of sp³-hybridized carbons (Fsp3) is 0.231. The van der Waals surface area contributed by atoms with Crippen molar-refractivity contribution in [1.82, 2.24) is 4.98 Å². The third-order valence-corrected chi connectivity index (χ3v) is 3.34. The molecule has 0 saturated heterocycles. The molecule has 0 aliphatic carbocycles. The Bertz CT molecular complexity index is 639. The molecular formula is C13H11NO5S. The van der Waals surface area contributed by atoms with Gasteiger partial charge in [0.05, 0.1) is 12.1 Å². The summed E-state index contributed by atoms with van der Waals surface area (Å²) in [7, 11) is 0. The predicted octanol–water partition coefficient (Wildman–Crippen LogP) is 2.84. The van der Waals surface area contributed by atoms with Crippen molar-refractivity contribution in [2.75, 3.05) is 13.4 Å². The number of carbonyl (C=O) groups is 1. The zero-order valence-corrected chi connectivity index (χ0v) is 11.4. The van der Waals surface area contributed by atoms with Gasteiger partial charge in [-0.1, -0.05) is 0 Å². The SMILES string of the molecule is CCOC(=O)c1scnc1Oc1ccc2c(c1)OCO2. The molecule has 104 valence electrons. The van der Waals surface area contributed by atoms with Gasteiger partial charge in [-0.3, -0.25) is 0 Å². The van der Waals surface area contributed by atoms with Crippen LogP contribution >= 0.6 is 11.3 Å². The summed E-state index contributed by atoms with van der Waals surface area (Å²) >= 11 is 1.18. The summed E-state index contributed by atoms with van der Waals surface area (Å²) in [5.74, 6) is 1.58. The minimum atomic E-state index is -0.439. The molecule has 0 N–H and O–H groups in total. The lowest BCUT2D eigenvalue weighted by Gasteiger charge is -2.05. The minimum absolute atomic E-state index is 0.198. The van der Waals surface area contributed by atoms with Gasteiger partial charge in [0.25, 0.3) is 0 Å². The van der Waals surface area contributed by atoms with Gasteiger partial charge in [0.1, 0.15) is 5.75 Å². The van der Waals surface area contributed by atoms with Crippen LogP contribution in [0.15, 0.2) is 23.7 Å². The van der Waals surface area contributed by atoms with Crippen molar-refractivity contribution >= 4 is 17.3 Å². The highest BCUT2D eigenvalue weighted by atomic mass is 32.1. The predicted molar refractivity (Wildman–Crippen MR) is 70.7 cm³/mol. The molecule has 3 rings (SSSR count). The minimum Gasteiger partial charge on any atom is -0.462 e. The molecule has 1 aliphatic rings. The van der Waals surface area contributed by atoms with Gasteiger partial charge in [-0.05, 0) is 19.1 Å². The van der Waals surface area contributed by atoms with E-state index in [-0.39, 0.29) is 12.7 Å². The Kier molecular flexibility index (Phi) is 3.42. The molecule has 0 bridgehead atoms. The van der Waals surface area contributed by atoms with Crippen molar-refractivity contribution in [3.05, 3.63) is 28.6 Å². The standard InChI is InChI=1S/C13H11NO5S/c1-2-16-13(15)11-12(14-6-20-11)19-8-3-4-9-10(5-8)18-7-17-9/h3-6H,2,7H2,1H3. The number of hydrogen-bond donors (Lipinski definition) is 0. The molecule has 20 heavy (non-hydrogen) atoms. The van der Waals surface area contributed by atoms with Crippen molar-refractivity contribution in [3.63, 3.8) is 0 Å². The highest BCUT2D eigenvalue weighted by Gasteiger charge is 2.19. The summed E-state index contributed by atoms with van der Waals surface area (Å²) in [6.45, 7) is 2.25. The lowest BCUT2D eigenvalue weighted by atomic mass is 10.3. The number of fused-ring (bicyclic) bond motifs is 1. The number of aromatic nitrogens is 1. The van der Waals surface area contributed by atoms with Gasteiger partial charge in [0.2, 0.25) is 12.7 Å². The van der Waals surface area contributed by atoms with E-state index >= 15 is 0 Å². The summed E-state index contributed by atoms with van der Waals surface area (Å²) in [4.78, 5) is 16.1. The number of esters is 1. The topological polar surface area (TPSA) is 66.9 Å². The third-order valence-electron chi connectivity index (χ3n) is 2.55. The Morgan fingerprint density at radius 2 is 2.25 bits per heavy atom. The maximum absolute atomic E-state index is 11.7. The van der Waals surface area contributed by atoms with Crippen molar-refractivity contribution in [2.24, 2.45) is 0 Å². The highest BCUT2D eigenvalue weighted by molar-refractivity contribution is 7.12. The monoisotopic (exact) mass is 293 g/mol. The molecule has 0 spiro atoms. The smallest absolute Gasteiger partial charge is 0.353 e. The summed E-state index contributed by atoms with van der Waals surface area (Å²) in [5, 5.41) is 0. The number of hydrogen-bond acceptors (Lipinski definition) is 7. The molecule has 2 aromatic rings. The van der Waals surface area contributed by atoms with Gasteiger partial charge in [-0.2, -0.15) is 0 Å². The number of carbonyl (C=O) groups excluding carboxylic acids is 1. The number of ether oxygens (including phenoxy) is 4. The van der Waals surface area contributed by atoms with E-state index in [1.54, 1.807) is 25.1 Å². The van der Waals surface area contributed by atoms with Crippen molar-refractivity contribution < 1.29 is 23.7 Å². The zero-order valence-electron chi connectivity index (χ0n) is 10.6. The lowest BCUT2D eigenvalue weighted by molar-refractivity contribution is 0.0529. The van der Waals surface area contributed by atoms with Gasteiger partial charge in [0.15, 0.2) is 16.4 Å². The molecule has 1 aromatic carbocycles. The first-order valence-electron chi connectivity index (χ1n) is 5.96. The van der Waals surface area contributed by atoms with Crippen molar-refractivity contribution in [3.8, 4) is 23.1 Å². The van der Waals surface area contributed by atoms with Gasteiger partial charge < -0.3 is 18.9 Å². The van der Waals surface area contributed by atoms with Crippen LogP contribution in [-0.2, 0) is 4.74 Å². The number of nitrogens with zero attached hydrogens (tertiary/aromatic N) is 1. The van der Waals surface area contributed by atoms with E-state index in [1.807, 2.05) is 0 Å². The van der Waals surface area contributed by atoms with Crippen LogP contribution in [0, 0.1) is 0 Å². The van der Waals surface area contributed by atoms with Crippen LogP contribution in [0.3, 0.4) is 0 Å². The normalized spacial score (nSPS) is 12.2. The van der Waals surface area contributed by atoms with Gasteiger partial charge in [0, 0.05) is 6.07 Å². The molecule has 0 saturated carbocycles. The molecule has 1 aromatic heterocycles. The van der Waals surface area contributed by atoms with Gasteiger partial charge >= 0.3 is 5.97 Å². The summed E-state index contributed by atoms with van der Waals surface area (Å²) < 4.78 is 21.0. The molecule has 0 fully saturated rings. The molecular weight excluding hydrogens is 282 g/mol. The first kappa shape index (κ1) is 12.7. The molecule has 0 atom stereocenters. The van der Waals surface area contributed by atoms with Crippen molar-refractivity contribution in [1.29, 1.82) is 0 Å². The fourth-order valence-corrected chi connectivity index (χ4v) is 2.30. The molecule has 0 unspecified atom stereocenters. The van der Waals surface area contributed by atoms with Crippen LogP contribution < -0.4 is 14.2 Å². The number of benzene rings is 1. The van der Waals surface area contributed by atoms with Crippen molar-refractivity contribution in [2.45, 2.75) is 6.92 Å². The quantitative estimate of drug-likeness (QED) is 0.807. The number of thiazole rings is 1. The average Bonchev–Trinajstić information content (AvgIpc) is 3.07. The molecule has 0 radical (unpaired) electrons. The van der Waals surface area contributed by atoms with Gasteiger partial charge in [-0.15, -0.1) is 11.3 Å². The second-order valence-corrected chi connectivity index (χ2v) is 4.68. The molecule has 0 amide bonds. The zero-order chi connectivity index (χ0) is 13.9. The highest BCUT2D eigenvalue weighted by Crippen LogP contribution is 2.37. The van der Waals surface area contributed by atoms with E-state index in [9.17, 15) is 4.79 Å².